The highest BCUT2D eigenvalue weighted by Gasteiger charge is 2.38. The maximum Gasteiger partial charge on any atom is 0.278 e. The van der Waals surface area contributed by atoms with Crippen LogP contribution in [0.4, 0.5) is 8.78 Å². The molecule has 2 aliphatic rings. The number of hydrogen-bond acceptors (Lipinski definition) is 5. The minimum absolute atomic E-state index is 0.0274. The summed E-state index contributed by atoms with van der Waals surface area (Å²) in [6.45, 7) is 5.19. The van der Waals surface area contributed by atoms with Gasteiger partial charge in [-0.1, -0.05) is 0 Å². The summed E-state index contributed by atoms with van der Waals surface area (Å²) in [6.07, 6.45) is 3.74. The van der Waals surface area contributed by atoms with Gasteiger partial charge in [-0.05, 0) is 57.7 Å². The van der Waals surface area contributed by atoms with Crippen molar-refractivity contribution in [3.05, 3.63) is 62.6 Å². The maximum atomic E-state index is 14.1. The van der Waals surface area contributed by atoms with E-state index in [4.69, 9.17) is 0 Å². The lowest BCUT2D eigenvalue weighted by Gasteiger charge is -2.46. The number of aryl methyl sites for hydroxylation is 1. The Bertz CT molecular complexity index is 1170. The van der Waals surface area contributed by atoms with Gasteiger partial charge in [0.05, 0.1) is 0 Å². The Morgan fingerprint density at radius 2 is 1.79 bits per heavy atom. The van der Waals surface area contributed by atoms with E-state index in [1.165, 1.54) is 10.9 Å². The number of hydrogen-bond donors (Lipinski definition) is 2. The second-order valence-corrected chi connectivity index (χ2v) is 8.79. The highest BCUT2D eigenvalue weighted by Crippen LogP contribution is 2.28. The lowest BCUT2D eigenvalue weighted by atomic mass is 10.0. The molecule has 1 saturated heterocycles. The van der Waals surface area contributed by atoms with Gasteiger partial charge in [0.2, 0.25) is 5.43 Å². The molecule has 1 aromatic carbocycles. The number of amides is 2. The Morgan fingerprint density at radius 1 is 1.15 bits per heavy atom. The van der Waals surface area contributed by atoms with Crippen molar-refractivity contribution in [3.63, 3.8) is 0 Å². The van der Waals surface area contributed by atoms with Crippen molar-refractivity contribution in [1.29, 1.82) is 0 Å². The topological polar surface area (TPSA) is 94.9 Å². The number of aromatic nitrogens is 1. The van der Waals surface area contributed by atoms with Crippen molar-refractivity contribution in [3.8, 4) is 5.75 Å². The third-order valence-electron chi connectivity index (χ3n) is 6.44. The molecule has 2 aromatic rings. The quantitative estimate of drug-likeness (QED) is 0.734. The van der Waals surface area contributed by atoms with Crippen LogP contribution >= 0.6 is 0 Å². The SMILES string of the molecule is Cc1cc(F)c(CNC(=O)c2cn3c(c(O)c2=O)C(=O)N2CN3[C@H](C)CCC[C@H]2C)c(F)c1. The zero-order chi connectivity index (χ0) is 24.0. The molecule has 3 heterocycles. The first-order chi connectivity index (χ1) is 15.6. The van der Waals surface area contributed by atoms with Crippen LogP contribution in [0.5, 0.6) is 5.75 Å². The monoisotopic (exact) mass is 460 g/mol. The molecule has 0 unspecified atom stereocenters. The predicted molar refractivity (Wildman–Crippen MR) is 117 cm³/mol. The maximum absolute atomic E-state index is 14.1. The number of benzene rings is 1. The zero-order valence-corrected chi connectivity index (χ0v) is 18.7. The van der Waals surface area contributed by atoms with E-state index in [1.54, 1.807) is 11.8 Å². The number of nitrogens with zero attached hydrogens (tertiary/aromatic N) is 3. The molecular formula is C23H26F2N4O4. The fourth-order valence-electron chi connectivity index (χ4n) is 4.44. The average molecular weight is 460 g/mol. The van der Waals surface area contributed by atoms with Crippen LogP contribution in [-0.4, -0.2) is 45.2 Å². The van der Waals surface area contributed by atoms with Gasteiger partial charge in [-0.25, -0.2) is 8.78 Å². The van der Waals surface area contributed by atoms with E-state index in [1.807, 2.05) is 18.9 Å². The Labute approximate surface area is 189 Å². The smallest absolute Gasteiger partial charge is 0.278 e. The van der Waals surface area contributed by atoms with E-state index in [0.717, 1.165) is 31.4 Å². The first kappa shape index (κ1) is 22.8. The summed E-state index contributed by atoms with van der Waals surface area (Å²) in [4.78, 5) is 40.3. The van der Waals surface area contributed by atoms with E-state index in [0.29, 0.717) is 5.56 Å². The Morgan fingerprint density at radius 3 is 2.45 bits per heavy atom. The summed E-state index contributed by atoms with van der Waals surface area (Å²) in [5, 5.41) is 14.8. The molecule has 8 nitrogen and oxygen atoms in total. The van der Waals surface area contributed by atoms with Crippen molar-refractivity contribution in [2.45, 2.75) is 58.7 Å². The summed E-state index contributed by atoms with van der Waals surface area (Å²) >= 11 is 0. The normalized spacial score (nSPS) is 20.2. The van der Waals surface area contributed by atoms with E-state index in [-0.39, 0.29) is 30.0 Å². The minimum Gasteiger partial charge on any atom is -0.502 e. The first-order valence-corrected chi connectivity index (χ1v) is 10.9. The second-order valence-electron chi connectivity index (χ2n) is 8.79. The molecule has 10 heteroatoms. The van der Waals surface area contributed by atoms with Crippen LogP contribution in [0.1, 0.15) is 65.1 Å². The third kappa shape index (κ3) is 3.94. The van der Waals surface area contributed by atoms with Crippen LogP contribution in [0.25, 0.3) is 0 Å². The van der Waals surface area contributed by atoms with E-state index in [9.17, 15) is 28.3 Å². The predicted octanol–water partition coefficient (Wildman–Crippen LogP) is 2.38. The zero-order valence-electron chi connectivity index (χ0n) is 18.7. The lowest BCUT2D eigenvalue weighted by molar-refractivity contribution is 0.0565. The molecule has 2 amide bonds. The molecule has 0 spiro atoms. The molecule has 176 valence electrons. The van der Waals surface area contributed by atoms with Crippen LogP contribution in [-0.2, 0) is 6.54 Å². The van der Waals surface area contributed by atoms with Crippen molar-refractivity contribution in [2.24, 2.45) is 0 Å². The van der Waals surface area contributed by atoms with Crippen LogP contribution in [0.15, 0.2) is 23.1 Å². The highest BCUT2D eigenvalue weighted by atomic mass is 19.1. The van der Waals surface area contributed by atoms with Gasteiger partial charge in [0.25, 0.3) is 11.8 Å². The number of aromatic hydroxyl groups is 1. The summed E-state index contributed by atoms with van der Waals surface area (Å²) in [5.41, 5.74) is -1.58. The number of carbonyl (C=O) groups excluding carboxylic acids is 2. The molecule has 0 radical (unpaired) electrons. The number of halogens is 2. The summed E-state index contributed by atoms with van der Waals surface area (Å²) < 4.78 is 29.6. The average Bonchev–Trinajstić information content (AvgIpc) is 2.74. The summed E-state index contributed by atoms with van der Waals surface area (Å²) in [7, 11) is 0. The molecule has 2 bridgehead atoms. The fourth-order valence-corrected chi connectivity index (χ4v) is 4.44. The van der Waals surface area contributed by atoms with Gasteiger partial charge in [-0.2, -0.15) is 0 Å². The Hall–Kier alpha value is -3.43. The van der Waals surface area contributed by atoms with Crippen molar-refractivity contribution >= 4 is 11.8 Å². The number of nitrogens with one attached hydrogen (secondary N) is 1. The Balaban J connectivity index is 1.71. The van der Waals surface area contributed by atoms with Crippen LogP contribution in [0.2, 0.25) is 0 Å². The van der Waals surface area contributed by atoms with Gasteiger partial charge >= 0.3 is 0 Å². The second kappa shape index (κ2) is 8.49. The number of fused-ring (bicyclic) bond motifs is 4. The molecule has 2 aliphatic heterocycles. The lowest BCUT2D eigenvalue weighted by Crippen LogP contribution is -2.60. The van der Waals surface area contributed by atoms with Gasteiger partial charge in [0, 0.05) is 30.4 Å². The highest BCUT2D eigenvalue weighted by molar-refractivity contribution is 5.99. The third-order valence-corrected chi connectivity index (χ3v) is 6.44. The van der Waals surface area contributed by atoms with E-state index >= 15 is 0 Å². The van der Waals surface area contributed by atoms with Gasteiger partial charge < -0.3 is 15.3 Å². The number of carbonyl (C=O) groups is 2. The van der Waals surface area contributed by atoms with Crippen molar-refractivity contribution in [2.75, 3.05) is 11.7 Å². The van der Waals surface area contributed by atoms with Crippen molar-refractivity contribution < 1.29 is 23.5 Å². The van der Waals surface area contributed by atoms with Gasteiger partial charge in [0.15, 0.2) is 11.4 Å². The van der Waals surface area contributed by atoms with Gasteiger partial charge in [-0.15, -0.1) is 0 Å². The van der Waals surface area contributed by atoms with Crippen LogP contribution in [0, 0.1) is 18.6 Å². The van der Waals surface area contributed by atoms with Crippen LogP contribution in [0.3, 0.4) is 0 Å². The molecule has 0 aliphatic carbocycles. The molecule has 2 atom stereocenters. The standard InChI is InChI=1S/C23H26F2N4O4/c1-12-7-17(24)15(18(25)8-12)9-26-22(32)16-10-28-19(21(31)20(16)30)23(33)27-11-29(28)14(3)6-4-5-13(27)2/h7-8,10,13-14,31H,4-6,9,11H2,1-3H3,(H,26,32)/t13-,14-/m1/s1. The van der Waals surface area contributed by atoms with E-state index in [2.05, 4.69) is 5.32 Å². The minimum atomic E-state index is -1.02. The molecule has 1 fully saturated rings. The van der Waals surface area contributed by atoms with Gasteiger partial charge in [-0.3, -0.25) is 24.1 Å². The molecule has 33 heavy (non-hydrogen) atoms. The summed E-state index contributed by atoms with van der Waals surface area (Å²) in [6, 6.07) is 2.19. The molecule has 4 rings (SSSR count). The number of rotatable bonds is 3. The summed E-state index contributed by atoms with van der Waals surface area (Å²) in [5.74, 6) is -3.85. The molecule has 1 aromatic heterocycles. The Kier molecular flexibility index (Phi) is 5.85. The first-order valence-electron chi connectivity index (χ1n) is 10.9. The molecule has 2 N–H and O–H groups in total. The molecular weight excluding hydrogens is 434 g/mol. The molecule has 0 saturated carbocycles. The van der Waals surface area contributed by atoms with E-state index < -0.39 is 46.7 Å². The van der Waals surface area contributed by atoms with Crippen LogP contribution < -0.4 is 15.8 Å². The number of pyridine rings is 1. The largest absolute Gasteiger partial charge is 0.502 e. The fraction of sp³-hybridized carbons (Fsp3) is 0.435. The van der Waals surface area contributed by atoms with Gasteiger partial charge in [0.1, 0.15) is 23.9 Å². The van der Waals surface area contributed by atoms with Crippen molar-refractivity contribution in [1.82, 2.24) is 14.9 Å².